The van der Waals surface area contributed by atoms with Gasteiger partial charge in [0, 0.05) is 16.5 Å². The molecule has 0 atom stereocenters. The zero-order valence-corrected chi connectivity index (χ0v) is 19.8. The van der Waals surface area contributed by atoms with Crippen molar-refractivity contribution in [2.75, 3.05) is 11.9 Å². The highest BCUT2D eigenvalue weighted by Gasteiger charge is 2.18. The van der Waals surface area contributed by atoms with Crippen molar-refractivity contribution in [3.63, 3.8) is 0 Å². The quantitative estimate of drug-likeness (QED) is 0.369. The van der Waals surface area contributed by atoms with Crippen molar-refractivity contribution in [1.82, 2.24) is 4.68 Å². The summed E-state index contributed by atoms with van der Waals surface area (Å²) in [5.41, 5.74) is 5.64. The lowest BCUT2D eigenvalue weighted by Crippen LogP contribution is -2.25. The molecule has 0 radical (unpaired) electrons. The minimum Gasteiger partial charge on any atom is -0.482 e. The van der Waals surface area contributed by atoms with Crippen LogP contribution in [-0.4, -0.2) is 23.4 Å². The lowest BCUT2D eigenvalue weighted by atomic mass is 10.0. The molecule has 1 N–H and O–H groups in total. The molecular formula is C25H22N4O2S2. The molecule has 166 valence electrons. The summed E-state index contributed by atoms with van der Waals surface area (Å²) in [6.07, 6.45) is 1.83. The van der Waals surface area contributed by atoms with Gasteiger partial charge in [0.15, 0.2) is 6.61 Å². The van der Waals surface area contributed by atoms with Gasteiger partial charge in [-0.05, 0) is 58.6 Å². The van der Waals surface area contributed by atoms with E-state index in [2.05, 4.69) is 31.3 Å². The molecule has 2 aromatic carbocycles. The van der Waals surface area contributed by atoms with Crippen molar-refractivity contribution >= 4 is 46.2 Å². The average molecular weight is 475 g/mol. The smallest absolute Gasteiger partial charge is 0.262 e. The van der Waals surface area contributed by atoms with Crippen LogP contribution in [0.4, 0.5) is 11.4 Å². The Morgan fingerprint density at radius 2 is 1.97 bits per heavy atom. The van der Waals surface area contributed by atoms with Crippen LogP contribution in [0.15, 0.2) is 74.8 Å². The number of nitrogens with one attached hydrogen (secondary N) is 1. The molecular weight excluding hydrogens is 452 g/mol. The summed E-state index contributed by atoms with van der Waals surface area (Å²) in [5.74, 6) is 0.979. The van der Waals surface area contributed by atoms with Crippen LogP contribution >= 0.6 is 22.7 Å². The predicted octanol–water partition coefficient (Wildman–Crippen LogP) is 5.85. The van der Waals surface area contributed by atoms with Gasteiger partial charge in [-0.2, -0.15) is 16.4 Å². The topological polar surface area (TPSA) is 68.0 Å². The molecule has 5 rings (SSSR count). The first-order valence-electron chi connectivity index (χ1n) is 10.6. The van der Waals surface area contributed by atoms with E-state index in [9.17, 15) is 4.79 Å². The van der Waals surface area contributed by atoms with Gasteiger partial charge in [0.2, 0.25) is 4.80 Å². The minimum atomic E-state index is -0.158. The molecule has 8 heteroatoms. The van der Waals surface area contributed by atoms with Gasteiger partial charge in [0.05, 0.1) is 23.3 Å². The number of thiazole rings is 1. The standard InChI is InChI=1S/C25H22N4O2S2/c1-16(2)18-3-6-20(7-4-18)27-25-29(26-12-17-9-10-32-14-17)22(15-33-25)19-5-8-23-21(11-19)28-24(30)13-31-23/h3-12,14-16H,13H2,1-2H3,(H,28,30). The fraction of sp³-hybridized carbons (Fsp3) is 0.160. The summed E-state index contributed by atoms with van der Waals surface area (Å²) in [5, 5.41) is 13.7. The SMILES string of the molecule is CC(C)c1ccc(N=c2scc(-c3ccc4c(c3)NC(=O)CO4)n2N=Cc2ccsc2)cc1. The molecule has 2 aromatic heterocycles. The number of nitrogens with zero attached hydrogens (tertiary/aromatic N) is 3. The number of carbonyl (C=O) groups is 1. The minimum absolute atomic E-state index is 0.0361. The fourth-order valence-electron chi connectivity index (χ4n) is 3.45. The summed E-state index contributed by atoms with van der Waals surface area (Å²) >= 11 is 3.15. The number of benzene rings is 2. The molecule has 0 bridgehead atoms. The third-order valence-corrected chi connectivity index (χ3v) is 6.76. The van der Waals surface area contributed by atoms with Gasteiger partial charge in [0.1, 0.15) is 5.75 Å². The van der Waals surface area contributed by atoms with Crippen molar-refractivity contribution < 1.29 is 9.53 Å². The Bertz CT molecular complexity index is 1380. The number of amides is 1. The van der Waals surface area contributed by atoms with E-state index in [0.717, 1.165) is 27.3 Å². The highest BCUT2D eigenvalue weighted by molar-refractivity contribution is 7.08. The van der Waals surface area contributed by atoms with Crippen molar-refractivity contribution in [3.8, 4) is 17.0 Å². The van der Waals surface area contributed by atoms with E-state index in [1.165, 1.54) is 16.9 Å². The molecule has 3 heterocycles. The predicted molar refractivity (Wildman–Crippen MR) is 135 cm³/mol. The fourth-order valence-corrected chi connectivity index (χ4v) is 4.91. The maximum absolute atomic E-state index is 11.8. The van der Waals surface area contributed by atoms with E-state index < -0.39 is 0 Å². The Morgan fingerprint density at radius 3 is 2.73 bits per heavy atom. The number of rotatable bonds is 5. The maximum atomic E-state index is 11.8. The molecule has 4 aromatic rings. The Kier molecular flexibility index (Phi) is 5.93. The molecule has 33 heavy (non-hydrogen) atoms. The largest absolute Gasteiger partial charge is 0.482 e. The molecule has 1 amide bonds. The Morgan fingerprint density at radius 1 is 1.12 bits per heavy atom. The van der Waals surface area contributed by atoms with E-state index in [1.807, 2.05) is 63.4 Å². The van der Waals surface area contributed by atoms with Gasteiger partial charge in [0.25, 0.3) is 5.91 Å². The number of fused-ring (bicyclic) bond motifs is 1. The Balaban J connectivity index is 1.59. The van der Waals surface area contributed by atoms with E-state index >= 15 is 0 Å². The number of hydrogen-bond acceptors (Lipinski definition) is 6. The van der Waals surface area contributed by atoms with Crippen LogP contribution in [-0.2, 0) is 4.79 Å². The van der Waals surface area contributed by atoms with Crippen molar-refractivity contribution in [2.24, 2.45) is 10.1 Å². The van der Waals surface area contributed by atoms with E-state index in [1.54, 1.807) is 11.3 Å². The average Bonchev–Trinajstić information content (AvgIpc) is 3.47. The van der Waals surface area contributed by atoms with Gasteiger partial charge in [-0.15, -0.1) is 11.3 Å². The van der Waals surface area contributed by atoms with Gasteiger partial charge in [-0.1, -0.05) is 26.0 Å². The van der Waals surface area contributed by atoms with E-state index in [4.69, 9.17) is 14.8 Å². The van der Waals surface area contributed by atoms with Crippen LogP contribution in [0.5, 0.6) is 5.75 Å². The van der Waals surface area contributed by atoms with Gasteiger partial charge in [-0.25, -0.2) is 9.67 Å². The zero-order chi connectivity index (χ0) is 22.8. The summed E-state index contributed by atoms with van der Waals surface area (Å²) in [4.78, 5) is 17.4. The normalized spacial score (nSPS) is 13.9. The molecule has 0 fully saturated rings. The molecule has 0 spiro atoms. The van der Waals surface area contributed by atoms with Crippen LogP contribution in [0.3, 0.4) is 0 Å². The van der Waals surface area contributed by atoms with Gasteiger partial charge < -0.3 is 10.1 Å². The van der Waals surface area contributed by atoms with Crippen LogP contribution in [0.1, 0.15) is 30.9 Å². The molecule has 0 saturated carbocycles. The third-order valence-electron chi connectivity index (χ3n) is 5.24. The number of carbonyl (C=O) groups excluding carboxylic acids is 1. The van der Waals surface area contributed by atoms with Crippen molar-refractivity contribution in [2.45, 2.75) is 19.8 Å². The molecule has 6 nitrogen and oxygen atoms in total. The van der Waals surface area contributed by atoms with Crippen molar-refractivity contribution in [1.29, 1.82) is 0 Å². The van der Waals surface area contributed by atoms with Crippen LogP contribution < -0.4 is 14.9 Å². The molecule has 1 aliphatic rings. The van der Waals surface area contributed by atoms with E-state index in [-0.39, 0.29) is 12.5 Å². The van der Waals surface area contributed by atoms with Crippen LogP contribution in [0.2, 0.25) is 0 Å². The number of anilines is 1. The first-order valence-corrected chi connectivity index (χ1v) is 12.4. The summed E-state index contributed by atoms with van der Waals surface area (Å²) < 4.78 is 7.34. The van der Waals surface area contributed by atoms with E-state index in [0.29, 0.717) is 17.4 Å². The first kappa shape index (κ1) is 21.4. The summed E-state index contributed by atoms with van der Waals surface area (Å²) in [6.45, 7) is 4.39. The van der Waals surface area contributed by atoms with Crippen molar-refractivity contribution in [3.05, 3.63) is 80.6 Å². The lowest BCUT2D eigenvalue weighted by molar-refractivity contribution is -0.118. The van der Waals surface area contributed by atoms with Crippen LogP contribution in [0.25, 0.3) is 11.3 Å². The summed E-state index contributed by atoms with van der Waals surface area (Å²) in [7, 11) is 0. The monoisotopic (exact) mass is 474 g/mol. The highest BCUT2D eigenvalue weighted by atomic mass is 32.1. The molecule has 0 unspecified atom stereocenters. The van der Waals surface area contributed by atoms with Crippen LogP contribution in [0, 0.1) is 0 Å². The van der Waals surface area contributed by atoms with Gasteiger partial charge in [-0.3, -0.25) is 4.79 Å². The van der Waals surface area contributed by atoms with Gasteiger partial charge >= 0.3 is 0 Å². The second kappa shape index (κ2) is 9.17. The number of thiophene rings is 1. The Labute approximate surface area is 199 Å². The Hall–Kier alpha value is -3.49. The highest BCUT2D eigenvalue weighted by Crippen LogP contribution is 2.33. The number of hydrogen-bond donors (Lipinski definition) is 1. The number of ether oxygens (including phenoxy) is 1. The third kappa shape index (κ3) is 4.67. The zero-order valence-electron chi connectivity index (χ0n) is 18.2. The maximum Gasteiger partial charge on any atom is 0.262 e. The molecule has 0 aliphatic carbocycles. The summed E-state index contributed by atoms with van der Waals surface area (Å²) in [6, 6.07) is 16.1. The first-order chi connectivity index (χ1) is 16.1. The molecule has 0 saturated heterocycles. The molecule has 1 aliphatic heterocycles. The lowest BCUT2D eigenvalue weighted by Gasteiger charge is -2.18. The second-order valence-electron chi connectivity index (χ2n) is 7.92. The second-order valence-corrected chi connectivity index (χ2v) is 9.54. The number of aromatic nitrogens is 1.